The van der Waals surface area contributed by atoms with E-state index >= 15 is 0 Å². The van der Waals surface area contributed by atoms with Gasteiger partial charge in [-0.2, -0.15) is 0 Å². The summed E-state index contributed by atoms with van der Waals surface area (Å²) in [5.74, 6) is -3.27. The highest BCUT2D eigenvalue weighted by Crippen LogP contribution is 2.27. The van der Waals surface area contributed by atoms with Crippen molar-refractivity contribution in [3.05, 3.63) is 46.5 Å². The molecule has 0 bridgehead atoms. The van der Waals surface area contributed by atoms with Gasteiger partial charge in [-0.1, -0.05) is 6.58 Å². The number of carboxylic acid groups (broad SMARTS) is 1. The quantitative estimate of drug-likeness (QED) is 0.353. The summed E-state index contributed by atoms with van der Waals surface area (Å²) in [6, 6.07) is 2.50. The SMILES string of the molecule is C=C(C)C(=O)OCCCCc1cc(C(=O)O)cc2c1C(=O)OC2=O. The van der Waals surface area contributed by atoms with Gasteiger partial charge in [0.25, 0.3) is 0 Å². The van der Waals surface area contributed by atoms with Crippen molar-refractivity contribution in [3.8, 4) is 0 Å². The van der Waals surface area contributed by atoms with Crippen LogP contribution in [0.2, 0.25) is 0 Å². The molecule has 0 unspecified atom stereocenters. The number of hydrogen-bond acceptors (Lipinski definition) is 6. The lowest BCUT2D eigenvalue weighted by atomic mass is 9.95. The first-order chi connectivity index (χ1) is 11.3. The lowest BCUT2D eigenvalue weighted by molar-refractivity contribution is -0.139. The molecule has 1 N–H and O–H groups in total. The van der Waals surface area contributed by atoms with Gasteiger partial charge in [0, 0.05) is 5.57 Å². The van der Waals surface area contributed by atoms with Crippen LogP contribution in [0.15, 0.2) is 24.3 Å². The molecule has 2 rings (SSSR count). The second-order valence-electron chi connectivity index (χ2n) is 5.41. The van der Waals surface area contributed by atoms with Crippen LogP contribution in [0.1, 0.15) is 56.4 Å². The maximum atomic E-state index is 11.8. The van der Waals surface area contributed by atoms with Crippen LogP contribution >= 0.6 is 0 Å². The van der Waals surface area contributed by atoms with Crippen LogP contribution in [-0.4, -0.2) is 35.6 Å². The zero-order chi connectivity index (χ0) is 17.9. The van der Waals surface area contributed by atoms with E-state index in [0.717, 1.165) is 6.07 Å². The van der Waals surface area contributed by atoms with Gasteiger partial charge < -0.3 is 14.6 Å². The van der Waals surface area contributed by atoms with E-state index in [2.05, 4.69) is 11.3 Å². The van der Waals surface area contributed by atoms with Gasteiger partial charge in [-0.25, -0.2) is 19.2 Å². The van der Waals surface area contributed by atoms with Crippen LogP contribution in [0.25, 0.3) is 0 Å². The first-order valence-corrected chi connectivity index (χ1v) is 7.30. The highest BCUT2D eigenvalue weighted by atomic mass is 16.6. The molecule has 0 saturated heterocycles. The van der Waals surface area contributed by atoms with Crippen LogP contribution in [0.4, 0.5) is 0 Å². The van der Waals surface area contributed by atoms with Crippen molar-refractivity contribution in [2.45, 2.75) is 26.2 Å². The fourth-order valence-electron chi connectivity index (χ4n) is 2.32. The maximum Gasteiger partial charge on any atom is 0.347 e. The molecule has 0 aliphatic carbocycles. The number of esters is 3. The number of cyclic esters (lactones) is 2. The Morgan fingerprint density at radius 3 is 2.54 bits per heavy atom. The predicted octanol–water partition coefficient (Wildman–Crippen LogP) is 2.14. The average Bonchev–Trinajstić information content (AvgIpc) is 2.81. The van der Waals surface area contributed by atoms with Crippen molar-refractivity contribution >= 4 is 23.9 Å². The Morgan fingerprint density at radius 2 is 1.92 bits per heavy atom. The number of rotatable bonds is 7. The molecule has 7 heteroatoms. The average molecular weight is 332 g/mol. The lowest BCUT2D eigenvalue weighted by Crippen LogP contribution is -2.08. The molecule has 0 atom stereocenters. The number of unbranched alkanes of at least 4 members (excludes halogenated alkanes) is 1. The molecule has 1 aromatic rings. The zero-order valence-corrected chi connectivity index (χ0v) is 13.1. The highest BCUT2D eigenvalue weighted by Gasteiger charge is 2.33. The van der Waals surface area contributed by atoms with Crippen molar-refractivity contribution in [3.63, 3.8) is 0 Å². The van der Waals surface area contributed by atoms with Gasteiger partial charge in [0.2, 0.25) is 0 Å². The molecule has 1 aliphatic rings. The first kappa shape index (κ1) is 17.4. The van der Waals surface area contributed by atoms with Crippen LogP contribution in [-0.2, 0) is 20.7 Å². The molecule has 126 valence electrons. The van der Waals surface area contributed by atoms with Crippen molar-refractivity contribution in [1.82, 2.24) is 0 Å². The summed E-state index contributed by atoms with van der Waals surface area (Å²) >= 11 is 0. The molecule has 24 heavy (non-hydrogen) atoms. The van der Waals surface area contributed by atoms with E-state index in [1.54, 1.807) is 6.92 Å². The van der Waals surface area contributed by atoms with E-state index in [1.807, 2.05) is 0 Å². The third-order valence-corrected chi connectivity index (χ3v) is 3.50. The van der Waals surface area contributed by atoms with Crippen LogP contribution < -0.4 is 0 Å². The number of carboxylic acids is 1. The maximum absolute atomic E-state index is 11.8. The molecular formula is C17H16O7. The second kappa shape index (κ2) is 7.08. The lowest BCUT2D eigenvalue weighted by Gasteiger charge is -2.08. The molecule has 0 spiro atoms. The minimum Gasteiger partial charge on any atom is -0.478 e. The minimum atomic E-state index is -1.19. The highest BCUT2D eigenvalue weighted by molar-refractivity contribution is 6.16. The first-order valence-electron chi connectivity index (χ1n) is 7.30. The molecule has 0 amide bonds. The molecule has 7 nitrogen and oxygen atoms in total. The Bertz CT molecular complexity index is 746. The number of carbonyl (C=O) groups excluding carboxylic acids is 3. The van der Waals surface area contributed by atoms with Crippen LogP contribution in [0, 0.1) is 0 Å². The normalized spacial score (nSPS) is 12.5. The van der Waals surface area contributed by atoms with Gasteiger partial charge >= 0.3 is 23.9 Å². The molecule has 0 aromatic heterocycles. The second-order valence-corrected chi connectivity index (χ2v) is 5.41. The molecule has 1 aromatic carbocycles. The van der Waals surface area contributed by atoms with E-state index in [1.165, 1.54) is 6.07 Å². The Hall–Kier alpha value is -2.96. The van der Waals surface area contributed by atoms with Gasteiger partial charge in [-0.15, -0.1) is 0 Å². The van der Waals surface area contributed by atoms with E-state index in [9.17, 15) is 19.2 Å². The molecule has 0 radical (unpaired) electrons. The summed E-state index contributed by atoms with van der Waals surface area (Å²) in [7, 11) is 0. The summed E-state index contributed by atoms with van der Waals surface area (Å²) in [6.45, 7) is 5.21. The number of benzene rings is 1. The molecular weight excluding hydrogens is 316 g/mol. The Balaban J connectivity index is 2.07. The van der Waals surface area contributed by atoms with Crippen LogP contribution in [0.5, 0.6) is 0 Å². The van der Waals surface area contributed by atoms with Gasteiger partial charge in [0.15, 0.2) is 0 Å². The number of carbonyl (C=O) groups is 4. The number of hydrogen-bond donors (Lipinski definition) is 1. The van der Waals surface area contributed by atoms with Gasteiger partial charge in [-0.3, -0.25) is 0 Å². The third kappa shape index (κ3) is 3.68. The third-order valence-electron chi connectivity index (χ3n) is 3.50. The van der Waals surface area contributed by atoms with E-state index < -0.39 is 23.9 Å². The predicted molar refractivity (Wildman–Crippen MR) is 81.9 cm³/mol. The van der Waals surface area contributed by atoms with Crippen molar-refractivity contribution < 1.29 is 33.8 Å². The van der Waals surface area contributed by atoms with Gasteiger partial charge in [-0.05, 0) is 43.9 Å². The fourth-order valence-corrected chi connectivity index (χ4v) is 2.32. The van der Waals surface area contributed by atoms with E-state index in [0.29, 0.717) is 30.4 Å². The van der Waals surface area contributed by atoms with E-state index in [-0.39, 0.29) is 23.3 Å². The Labute approximate surface area is 137 Å². The monoisotopic (exact) mass is 332 g/mol. The standard InChI is InChI=1S/C17H16O7/c1-9(2)15(20)23-6-4-3-5-10-7-11(14(18)19)8-12-13(10)17(22)24-16(12)21/h7-8H,1,3-6H2,2H3,(H,18,19). The summed E-state index contributed by atoms with van der Waals surface area (Å²) in [4.78, 5) is 45.8. The molecule has 0 fully saturated rings. The van der Waals surface area contributed by atoms with Crippen molar-refractivity contribution in [2.24, 2.45) is 0 Å². The topological polar surface area (TPSA) is 107 Å². The van der Waals surface area contributed by atoms with Crippen LogP contribution in [0.3, 0.4) is 0 Å². The summed E-state index contributed by atoms with van der Waals surface area (Å²) in [5.41, 5.74) is 0.756. The van der Waals surface area contributed by atoms with Gasteiger partial charge in [0.05, 0.1) is 23.3 Å². The fraction of sp³-hybridized carbons (Fsp3) is 0.294. The molecule has 1 aliphatic heterocycles. The van der Waals surface area contributed by atoms with Crippen molar-refractivity contribution in [2.75, 3.05) is 6.61 Å². The Kier molecular flexibility index (Phi) is 5.13. The number of ether oxygens (including phenoxy) is 2. The number of fused-ring (bicyclic) bond motifs is 1. The minimum absolute atomic E-state index is 0.0244. The smallest absolute Gasteiger partial charge is 0.347 e. The zero-order valence-electron chi connectivity index (χ0n) is 13.1. The summed E-state index contributed by atoms with van der Waals surface area (Å²) in [5, 5.41) is 9.11. The number of aromatic carboxylic acids is 1. The molecule has 0 saturated carbocycles. The summed E-state index contributed by atoms with van der Waals surface area (Å²) in [6.07, 6.45) is 1.42. The molecule has 1 heterocycles. The summed E-state index contributed by atoms with van der Waals surface area (Å²) < 4.78 is 9.50. The number of aryl methyl sites for hydroxylation is 1. The largest absolute Gasteiger partial charge is 0.478 e. The Morgan fingerprint density at radius 1 is 1.21 bits per heavy atom. The van der Waals surface area contributed by atoms with Gasteiger partial charge in [0.1, 0.15) is 0 Å². The van der Waals surface area contributed by atoms with E-state index in [4.69, 9.17) is 9.84 Å². The van der Waals surface area contributed by atoms with Crippen molar-refractivity contribution in [1.29, 1.82) is 0 Å².